The van der Waals surface area contributed by atoms with Crippen molar-refractivity contribution in [1.29, 1.82) is 5.26 Å². The Morgan fingerprint density at radius 1 is 1.73 bits per heavy atom. The summed E-state index contributed by atoms with van der Waals surface area (Å²) in [5.41, 5.74) is 0. The highest BCUT2D eigenvalue weighted by Gasteiger charge is 2.03. The van der Waals surface area contributed by atoms with E-state index >= 15 is 0 Å². The Morgan fingerprint density at radius 3 is 2.82 bits per heavy atom. The van der Waals surface area contributed by atoms with Gasteiger partial charge in [-0.1, -0.05) is 0 Å². The lowest BCUT2D eigenvalue weighted by Crippen LogP contribution is -2.35. The summed E-state index contributed by atoms with van der Waals surface area (Å²) in [7, 11) is 1.73. The Hall–Kier alpha value is -1.08. The smallest absolute Gasteiger partial charge is 0.236 e. The highest BCUT2D eigenvalue weighted by atomic mass is 16.2. The minimum absolute atomic E-state index is 0.0164. The van der Waals surface area contributed by atoms with Crippen LogP contribution in [0.5, 0.6) is 0 Å². The van der Waals surface area contributed by atoms with Crippen molar-refractivity contribution in [1.82, 2.24) is 10.2 Å². The second-order valence-corrected chi connectivity index (χ2v) is 2.17. The van der Waals surface area contributed by atoms with Crippen LogP contribution in [0.1, 0.15) is 6.92 Å². The van der Waals surface area contributed by atoms with Crippen LogP contribution in [0.2, 0.25) is 0 Å². The average molecular weight is 155 g/mol. The highest BCUT2D eigenvalue weighted by Crippen LogP contribution is 1.80. The van der Waals surface area contributed by atoms with E-state index < -0.39 is 0 Å². The van der Waals surface area contributed by atoms with Crippen LogP contribution < -0.4 is 5.32 Å². The number of hydrogen-bond donors (Lipinski definition) is 1. The molecule has 0 rings (SSSR count). The molecule has 0 heterocycles. The van der Waals surface area contributed by atoms with Gasteiger partial charge in [-0.3, -0.25) is 10.1 Å². The Kier molecular flexibility index (Phi) is 5.13. The van der Waals surface area contributed by atoms with Gasteiger partial charge in [0.2, 0.25) is 5.91 Å². The SMILES string of the molecule is CCN(C)C(=O)CNCC#N. The second kappa shape index (κ2) is 5.69. The van der Waals surface area contributed by atoms with Crippen LogP contribution in [-0.4, -0.2) is 37.5 Å². The maximum Gasteiger partial charge on any atom is 0.236 e. The molecule has 4 nitrogen and oxygen atoms in total. The van der Waals surface area contributed by atoms with Gasteiger partial charge in [0, 0.05) is 13.6 Å². The van der Waals surface area contributed by atoms with E-state index in [1.807, 2.05) is 13.0 Å². The average Bonchev–Trinajstić information content (AvgIpc) is 2.03. The summed E-state index contributed by atoms with van der Waals surface area (Å²) >= 11 is 0. The molecule has 0 aromatic rings. The first-order valence-corrected chi connectivity index (χ1v) is 3.54. The number of carbonyl (C=O) groups excluding carboxylic acids is 1. The summed E-state index contributed by atoms with van der Waals surface area (Å²) in [5, 5.41) is 10.8. The van der Waals surface area contributed by atoms with E-state index in [1.165, 1.54) is 0 Å². The van der Waals surface area contributed by atoms with Gasteiger partial charge < -0.3 is 4.90 Å². The minimum atomic E-state index is 0.0164. The lowest BCUT2D eigenvalue weighted by atomic mass is 10.5. The molecule has 0 saturated heterocycles. The molecule has 0 atom stereocenters. The van der Waals surface area contributed by atoms with Gasteiger partial charge in [-0.2, -0.15) is 5.26 Å². The molecule has 0 aromatic carbocycles. The minimum Gasteiger partial charge on any atom is -0.345 e. The molecule has 0 bridgehead atoms. The van der Waals surface area contributed by atoms with Crippen molar-refractivity contribution in [2.45, 2.75) is 6.92 Å². The summed E-state index contributed by atoms with van der Waals surface area (Å²) in [6.45, 7) is 3.08. The molecule has 0 aliphatic heterocycles. The van der Waals surface area contributed by atoms with Gasteiger partial charge in [0.25, 0.3) is 0 Å². The maximum atomic E-state index is 11.0. The molecule has 0 aliphatic rings. The normalized spacial score (nSPS) is 8.82. The van der Waals surface area contributed by atoms with Crippen LogP contribution in [0.3, 0.4) is 0 Å². The third kappa shape index (κ3) is 4.34. The van der Waals surface area contributed by atoms with Gasteiger partial charge in [-0.15, -0.1) is 0 Å². The van der Waals surface area contributed by atoms with Crippen molar-refractivity contribution in [3.63, 3.8) is 0 Å². The number of amides is 1. The Labute approximate surface area is 66.8 Å². The van der Waals surface area contributed by atoms with Gasteiger partial charge in [0.15, 0.2) is 0 Å². The summed E-state index contributed by atoms with van der Waals surface area (Å²) in [6.07, 6.45) is 0. The number of likely N-dealkylation sites (N-methyl/N-ethyl adjacent to an activating group) is 1. The van der Waals surface area contributed by atoms with Crippen molar-refractivity contribution in [3.8, 4) is 6.07 Å². The van der Waals surface area contributed by atoms with Crippen molar-refractivity contribution >= 4 is 5.91 Å². The summed E-state index contributed by atoms with van der Waals surface area (Å²) < 4.78 is 0. The van der Waals surface area contributed by atoms with Gasteiger partial charge in [-0.25, -0.2) is 0 Å². The second-order valence-electron chi connectivity index (χ2n) is 2.17. The van der Waals surface area contributed by atoms with E-state index in [0.29, 0.717) is 6.54 Å². The van der Waals surface area contributed by atoms with Crippen LogP contribution >= 0.6 is 0 Å². The third-order valence-corrected chi connectivity index (χ3v) is 1.38. The fourth-order valence-electron chi connectivity index (χ4n) is 0.537. The van der Waals surface area contributed by atoms with Crippen LogP contribution in [0, 0.1) is 11.3 Å². The summed E-state index contributed by atoms with van der Waals surface area (Å²) in [4.78, 5) is 12.6. The first-order valence-electron chi connectivity index (χ1n) is 3.54. The fourth-order valence-corrected chi connectivity index (χ4v) is 0.537. The molecule has 4 heteroatoms. The van der Waals surface area contributed by atoms with Crippen LogP contribution in [-0.2, 0) is 4.79 Å². The standard InChI is InChI=1S/C7H13N3O/c1-3-10(2)7(11)6-9-5-4-8/h9H,3,5-6H2,1-2H3. The van der Waals surface area contributed by atoms with Crippen molar-refractivity contribution in [2.75, 3.05) is 26.7 Å². The molecule has 0 fully saturated rings. The molecular formula is C7H13N3O. The number of nitriles is 1. The first-order chi connectivity index (χ1) is 5.22. The molecule has 11 heavy (non-hydrogen) atoms. The fraction of sp³-hybridized carbons (Fsp3) is 0.714. The lowest BCUT2D eigenvalue weighted by Gasteiger charge is -2.13. The largest absolute Gasteiger partial charge is 0.345 e. The van der Waals surface area contributed by atoms with Crippen molar-refractivity contribution in [2.24, 2.45) is 0 Å². The molecule has 0 aliphatic carbocycles. The van der Waals surface area contributed by atoms with Crippen LogP contribution in [0.15, 0.2) is 0 Å². The molecule has 0 saturated carbocycles. The quantitative estimate of drug-likeness (QED) is 0.443. The molecule has 1 N–H and O–H groups in total. The zero-order valence-electron chi connectivity index (χ0n) is 6.92. The summed E-state index contributed by atoms with van der Waals surface area (Å²) in [5.74, 6) is 0.0164. The number of hydrogen-bond acceptors (Lipinski definition) is 3. The lowest BCUT2D eigenvalue weighted by molar-refractivity contribution is -0.128. The zero-order valence-corrected chi connectivity index (χ0v) is 6.92. The number of nitrogens with one attached hydrogen (secondary N) is 1. The van der Waals surface area contributed by atoms with Gasteiger partial charge in [-0.05, 0) is 6.92 Å². The molecule has 0 radical (unpaired) electrons. The van der Waals surface area contributed by atoms with Gasteiger partial charge >= 0.3 is 0 Å². The van der Waals surface area contributed by atoms with Gasteiger partial charge in [0.05, 0.1) is 19.2 Å². The number of rotatable bonds is 4. The molecule has 62 valence electrons. The Bertz CT molecular complexity index is 162. The monoisotopic (exact) mass is 155 g/mol. The van der Waals surface area contributed by atoms with Crippen LogP contribution in [0.25, 0.3) is 0 Å². The Balaban J connectivity index is 3.46. The first kappa shape index (κ1) is 9.92. The highest BCUT2D eigenvalue weighted by molar-refractivity contribution is 5.77. The van der Waals surface area contributed by atoms with E-state index in [9.17, 15) is 4.79 Å². The van der Waals surface area contributed by atoms with E-state index in [4.69, 9.17) is 5.26 Å². The molecular weight excluding hydrogens is 142 g/mol. The molecule has 0 spiro atoms. The predicted octanol–water partition coefficient (Wildman–Crippen LogP) is -0.422. The van der Waals surface area contributed by atoms with E-state index in [2.05, 4.69) is 5.32 Å². The van der Waals surface area contributed by atoms with E-state index in [1.54, 1.807) is 11.9 Å². The van der Waals surface area contributed by atoms with E-state index in [-0.39, 0.29) is 19.0 Å². The van der Waals surface area contributed by atoms with Gasteiger partial charge in [0.1, 0.15) is 0 Å². The van der Waals surface area contributed by atoms with Crippen LogP contribution in [0.4, 0.5) is 0 Å². The molecule has 1 amide bonds. The van der Waals surface area contributed by atoms with E-state index in [0.717, 1.165) is 0 Å². The van der Waals surface area contributed by atoms with Crippen molar-refractivity contribution in [3.05, 3.63) is 0 Å². The van der Waals surface area contributed by atoms with Crippen molar-refractivity contribution < 1.29 is 4.79 Å². The predicted molar refractivity (Wildman–Crippen MR) is 41.8 cm³/mol. The summed E-state index contributed by atoms with van der Waals surface area (Å²) in [6, 6.07) is 1.90. The number of nitrogens with zero attached hydrogens (tertiary/aromatic N) is 2. The Morgan fingerprint density at radius 2 is 2.36 bits per heavy atom. The topological polar surface area (TPSA) is 56.1 Å². The molecule has 0 unspecified atom stereocenters. The molecule has 0 aromatic heterocycles. The number of carbonyl (C=O) groups is 1. The third-order valence-electron chi connectivity index (χ3n) is 1.38. The zero-order chi connectivity index (χ0) is 8.69. The maximum absolute atomic E-state index is 11.0.